The van der Waals surface area contributed by atoms with E-state index < -0.39 is 0 Å². The van der Waals surface area contributed by atoms with Crippen LogP contribution in [0.5, 0.6) is 0 Å². The van der Waals surface area contributed by atoms with Gasteiger partial charge < -0.3 is 0 Å². The van der Waals surface area contributed by atoms with Crippen molar-refractivity contribution in [3.8, 4) is 0 Å². The van der Waals surface area contributed by atoms with Gasteiger partial charge in [0.1, 0.15) is 0 Å². The number of hydrogen-bond acceptors (Lipinski definition) is 1. The van der Waals surface area contributed by atoms with Crippen LogP contribution < -0.4 is 0 Å². The zero-order chi connectivity index (χ0) is 14.2. The molecule has 0 aromatic rings. The number of ketones is 1. The molecule has 1 nitrogen and oxygen atoms in total. The minimum atomic E-state index is 0.169. The first-order valence-corrected chi connectivity index (χ1v) is 7.47. The van der Waals surface area contributed by atoms with E-state index in [4.69, 9.17) is 0 Å². The highest BCUT2D eigenvalue weighted by Gasteiger charge is 2.38. The number of carbonyl (C=O) groups is 1. The molecule has 0 radical (unpaired) electrons. The molecule has 2 aliphatic rings. The smallest absolute Gasteiger partial charge is 0.163 e. The Morgan fingerprint density at radius 1 is 1.42 bits per heavy atom. The number of hydrogen-bond donors (Lipinski definition) is 0. The van der Waals surface area contributed by atoms with Crippen LogP contribution in [0.1, 0.15) is 59.8 Å². The average molecular weight is 258 g/mol. The molecule has 0 aromatic carbocycles. The molecule has 2 rings (SSSR count). The van der Waals surface area contributed by atoms with Gasteiger partial charge in [0, 0.05) is 12.0 Å². The van der Waals surface area contributed by atoms with Crippen LogP contribution in [0.3, 0.4) is 0 Å². The zero-order valence-electron chi connectivity index (χ0n) is 12.8. The van der Waals surface area contributed by atoms with Crippen LogP contribution >= 0.6 is 0 Å². The number of allylic oxidation sites excluding steroid dienone is 5. The molecule has 19 heavy (non-hydrogen) atoms. The Hall–Kier alpha value is -1.11. The maximum Gasteiger partial charge on any atom is 0.163 e. The van der Waals surface area contributed by atoms with Crippen LogP contribution in [0.15, 0.2) is 34.9 Å². The summed E-state index contributed by atoms with van der Waals surface area (Å²) < 4.78 is 0. The van der Waals surface area contributed by atoms with Gasteiger partial charge in [-0.1, -0.05) is 37.6 Å². The topological polar surface area (TPSA) is 17.1 Å². The van der Waals surface area contributed by atoms with Crippen molar-refractivity contribution in [3.63, 3.8) is 0 Å². The van der Waals surface area contributed by atoms with Crippen molar-refractivity contribution < 1.29 is 4.79 Å². The second kappa shape index (κ2) is 5.11. The summed E-state index contributed by atoms with van der Waals surface area (Å²) >= 11 is 0. The monoisotopic (exact) mass is 258 g/mol. The minimum absolute atomic E-state index is 0.169. The van der Waals surface area contributed by atoms with Gasteiger partial charge in [-0.2, -0.15) is 0 Å². The van der Waals surface area contributed by atoms with Gasteiger partial charge in [0.15, 0.2) is 5.78 Å². The van der Waals surface area contributed by atoms with Crippen molar-refractivity contribution in [1.82, 2.24) is 0 Å². The molecule has 0 saturated heterocycles. The first-order valence-electron chi connectivity index (χ1n) is 7.47. The van der Waals surface area contributed by atoms with Crippen LogP contribution in [0.2, 0.25) is 0 Å². The minimum Gasteiger partial charge on any atom is -0.294 e. The van der Waals surface area contributed by atoms with Crippen molar-refractivity contribution in [3.05, 3.63) is 34.9 Å². The third kappa shape index (κ3) is 3.08. The van der Waals surface area contributed by atoms with E-state index in [1.807, 2.05) is 6.92 Å². The Kier molecular flexibility index (Phi) is 3.85. The summed E-state index contributed by atoms with van der Waals surface area (Å²) in [7, 11) is 0. The largest absolute Gasteiger partial charge is 0.294 e. The molecule has 0 aromatic heterocycles. The molecule has 2 aliphatic carbocycles. The molecule has 0 bridgehead atoms. The lowest BCUT2D eigenvalue weighted by Gasteiger charge is -2.34. The molecular weight excluding hydrogens is 232 g/mol. The van der Waals surface area contributed by atoms with Crippen LogP contribution in [-0.2, 0) is 4.79 Å². The summed E-state index contributed by atoms with van der Waals surface area (Å²) in [5.74, 6) is 0.962. The van der Waals surface area contributed by atoms with Crippen LogP contribution in [-0.4, -0.2) is 5.78 Å². The van der Waals surface area contributed by atoms with E-state index >= 15 is 0 Å². The van der Waals surface area contributed by atoms with Crippen molar-refractivity contribution in [2.45, 2.75) is 59.8 Å². The molecule has 1 heteroatoms. The molecule has 1 unspecified atom stereocenters. The highest BCUT2D eigenvalue weighted by molar-refractivity contribution is 6.02. The van der Waals surface area contributed by atoms with Gasteiger partial charge in [-0.05, 0) is 56.4 Å². The normalized spacial score (nSPS) is 28.8. The fraction of sp³-hybridized carbons (Fsp3) is 0.611. The Balaban J connectivity index is 2.39. The molecule has 1 atom stereocenters. The quantitative estimate of drug-likeness (QED) is 0.649. The Morgan fingerprint density at radius 2 is 2.05 bits per heavy atom. The van der Waals surface area contributed by atoms with Crippen molar-refractivity contribution in [2.24, 2.45) is 11.3 Å². The van der Waals surface area contributed by atoms with Gasteiger partial charge in [0.05, 0.1) is 0 Å². The molecular formula is C18H26O. The third-order valence-corrected chi connectivity index (χ3v) is 4.55. The summed E-state index contributed by atoms with van der Waals surface area (Å²) in [4.78, 5) is 12.6. The predicted octanol–water partition coefficient (Wildman–Crippen LogP) is 4.99. The lowest BCUT2D eigenvalue weighted by atomic mass is 9.69. The molecule has 0 spiro atoms. The van der Waals surface area contributed by atoms with E-state index in [1.54, 1.807) is 0 Å². The third-order valence-electron chi connectivity index (χ3n) is 4.55. The van der Waals surface area contributed by atoms with E-state index in [0.29, 0.717) is 18.1 Å². The van der Waals surface area contributed by atoms with E-state index in [9.17, 15) is 4.79 Å². The number of rotatable bonds is 4. The Morgan fingerprint density at radius 3 is 2.47 bits per heavy atom. The summed E-state index contributed by atoms with van der Waals surface area (Å²) in [5.41, 5.74) is 4.83. The molecule has 1 fully saturated rings. The maximum atomic E-state index is 12.6. The lowest BCUT2D eigenvalue weighted by Crippen LogP contribution is -2.28. The molecule has 0 heterocycles. The standard InChI is InChI=1S/C18H26O/c1-6-18(5)10-13(4)17(16(19)11-18)15(9-12(2)3)14-7-8-14/h9,14H,2,6-8,10-11H2,1,3-5H3/b15-9-. The van der Waals surface area contributed by atoms with Gasteiger partial charge in [0.25, 0.3) is 0 Å². The Bertz CT molecular complexity index is 474. The number of Topliss-reactive ketones (excluding diaryl/α,β-unsaturated/α-hetero) is 1. The molecule has 0 aliphatic heterocycles. The van der Waals surface area contributed by atoms with Gasteiger partial charge in [-0.3, -0.25) is 4.79 Å². The number of carbonyl (C=O) groups excluding carboxylic acids is 1. The van der Waals surface area contributed by atoms with E-state index in [1.165, 1.54) is 24.0 Å². The highest BCUT2D eigenvalue weighted by atomic mass is 16.1. The molecule has 104 valence electrons. The van der Waals surface area contributed by atoms with Crippen LogP contribution in [0, 0.1) is 11.3 Å². The summed E-state index contributed by atoms with van der Waals surface area (Å²) in [5, 5.41) is 0. The highest BCUT2D eigenvalue weighted by Crippen LogP contribution is 2.47. The van der Waals surface area contributed by atoms with Gasteiger partial charge in [0.2, 0.25) is 0 Å². The van der Waals surface area contributed by atoms with Crippen molar-refractivity contribution in [1.29, 1.82) is 0 Å². The summed E-state index contributed by atoms with van der Waals surface area (Å²) in [6.07, 6.45) is 7.44. The molecule has 1 saturated carbocycles. The van der Waals surface area contributed by atoms with E-state index in [2.05, 4.69) is 33.4 Å². The summed E-state index contributed by atoms with van der Waals surface area (Å²) in [6.45, 7) is 12.6. The average Bonchev–Trinajstić information content (AvgIpc) is 3.09. The van der Waals surface area contributed by atoms with Crippen molar-refractivity contribution in [2.75, 3.05) is 0 Å². The fourth-order valence-electron chi connectivity index (χ4n) is 3.22. The summed E-state index contributed by atoms with van der Waals surface area (Å²) in [6, 6.07) is 0. The molecule has 0 amide bonds. The van der Waals surface area contributed by atoms with Crippen LogP contribution in [0.25, 0.3) is 0 Å². The predicted molar refractivity (Wildman–Crippen MR) is 81.0 cm³/mol. The molecule has 0 N–H and O–H groups in total. The van der Waals surface area contributed by atoms with Gasteiger partial charge in [-0.15, -0.1) is 0 Å². The fourth-order valence-corrected chi connectivity index (χ4v) is 3.22. The zero-order valence-corrected chi connectivity index (χ0v) is 12.8. The van der Waals surface area contributed by atoms with E-state index in [-0.39, 0.29) is 5.41 Å². The second-order valence-electron chi connectivity index (χ2n) is 6.82. The van der Waals surface area contributed by atoms with Gasteiger partial charge >= 0.3 is 0 Å². The van der Waals surface area contributed by atoms with Crippen LogP contribution in [0.4, 0.5) is 0 Å². The SMILES string of the molecule is C=C(C)/C=C(\C1=C(C)CC(C)(CC)CC1=O)C1CC1. The first-order chi connectivity index (χ1) is 8.86. The van der Waals surface area contributed by atoms with Gasteiger partial charge in [-0.25, -0.2) is 0 Å². The lowest BCUT2D eigenvalue weighted by molar-refractivity contribution is -0.118. The Labute approximate surface area is 117 Å². The van der Waals surface area contributed by atoms with E-state index in [0.717, 1.165) is 24.0 Å². The van der Waals surface area contributed by atoms with Crippen molar-refractivity contribution >= 4 is 5.78 Å². The first kappa shape index (κ1) is 14.3. The maximum absolute atomic E-state index is 12.6. The second-order valence-corrected chi connectivity index (χ2v) is 6.82.